The molecule has 1 heterocycles. The molecule has 0 aliphatic rings. The minimum absolute atomic E-state index is 0.0869. The highest BCUT2D eigenvalue weighted by Gasteiger charge is 2.31. The molecule has 0 radical (unpaired) electrons. The van der Waals surface area contributed by atoms with Crippen molar-refractivity contribution in [1.29, 1.82) is 0 Å². The maximum Gasteiger partial charge on any atom is 0.416 e. The van der Waals surface area contributed by atoms with E-state index in [2.05, 4.69) is 15.6 Å². The lowest BCUT2D eigenvalue weighted by atomic mass is 10.1. The molecule has 1 aromatic carbocycles. The van der Waals surface area contributed by atoms with Crippen molar-refractivity contribution in [1.82, 2.24) is 4.98 Å². The van der Waals surface area contributed by atoms with Gasteiger partial charge >= 0.3 is 12.1 Å². The van der Waals surface area contributed by atoms with Crippen LogP contribution in [0.3, 0.4) is 0 Å². The summed E-state index contributed by atoms with van der Waals surface area (Å²) in [6, 6.07) is 4.11. The van der Waals surface area contributed by atoms with Crippen LogP contribution in [0.15, 0.2) is 24.3 Å². The third kappa shape index (κ3) is 3.48. The molecule has 0 unspecified atom stereocenters. The van der Waals surface area contributed by atoms with E-state index in [-0.39, 0.29) is 32.6 Å². The molecule has 0 amide bonds. The third-order valence-electron chi connectivity index (χ3n) is 3.06. The van der Waals surface area contributed by atoms with E-state index < -0.39 is 17.7 Å². The largest absolute Gasteiger partial charge is 0.464 e. The Kier molecular flexibility index (Phi) is 5.07. The minimum atomic E-state index is -4.53. The predicted molar refractivity (Wildman–Crippen MR) is 84.0 cm³/mol. The van der Waals surface area contributed by atoms with Gasteiger partial charge in [0.1, 0.15) is 0 Å². The Bertz CT molecular complexity index is 858. The molecular formula is C16H8Cl2F3NO2. The topological polar surface area (TPSA) is 39.2 Å². The zero-order chi connectivity index (χ0) is 18.1. The van der Waals surface area contributed by atoms with Crippen molar-refractivity contribution in [3.8, 4) is 23.6 Å². The lowest BCUT2D eigenvalue weighted by molar-refractivity contribution is -0.137. The van der Waals surface area contributed by atoms with Crippen molar-refractivity contribution in [2.24, 2.45) is 0 Å². The van der Waals surface area contributed by atoms with Crippen LogP contribution in [0.4, 0.5) is 13.2 Å². The number of alkyl halides is 3. The number of benzene rings is 1. The lowest BCUT2D eigenvalue weighted by Gasteiger charge is -2.12. The van der Waals surface area contributed by atoms with Crippen molar-refractivity contribution in [2.75, 3.05) is 7.11 Å². The quantitative estimate of drug-likeness (QED) is 0.558. The number of aromatic nitrogens is 1. The number of carbonyl (C=O) groups is 1. The first-order valence-corrected chi connectivity index (χ1v) is 7.07. The Morgan fingerprint density at radius 2 is 1.96 bits per heavy atom. The highest BCUT2D eigenvalue weighted by molar-refractivity contribution is 6.35. The Labute approximate surface area is 145 Å². The van der Waals surface area contributed by atoms with Gasteiger partial charge in [-0.2, -0.15) is 13.2 Å². The molecular weight excluding hydrogens is 366 g/mol. The van der Waals surface area contributed by atoms with E-state index in [4.69, 9.17) is 29.6 Å². The third-order valence-corrected chi connectivity index (χ3v) is 3.76. The van der Waals surface area contributed by atoms with Gasteiger partial charge in [-0.3, -0.25) is 0 Å². The second-order valence-corrected chi connectivity index (χ2v) is 5.33. The van der Waals surface area contributed by atoms with Gasteiger partial charge in [-0.15, -0.1) is 6.42 Å². The van der Waals surface area contributed by atoms with Gasteiger partial charge in [-0.25, -0.2) is 9.78 Å². The van der Waals surface area contributed by atoms with E-state index in [9.17, 15) is 18.0 Å². The van der Waals surface area contributed by atoms with Crippen molar-refractivity contribution < 1.29 is 22.7 Å². The van der Waals surface area contributed by atoms with E-state index in [1.54, 1.807) is 0 Å². The molecule has 0 saturated heterocycles. The molecule has 2 aromatic rings. The van der Waals surface area contributed by atoms with E-state index in [1.807, 2.05) is 0 Å². The Morgan fingerprint density at radius 3 is 2.46 bits per heavy atom. The number of pyridine rings is 1. The number of hydrogen-bond acceptors (Lipinski definition) is 3. The van der Waals surface area contributed by atoms with Crippen molar-refractivity contribution >= 4 is 29.2 Å². The summed E-state index contributed by atoms with van der Waals surface area (Å²) in [6.45, 7) is 0. The number of esters is 1. The minimum Gasteiger partial charge on any atom is -0.464 e. The van der Waals surface area contributed by atoms with Gasteiger partial charge in [0.05, 0.1) is 28.4 Å². The molecule has 0 saturated carbocycles. The number of terminal acetylenes is 1. The number of ether oxygens (including phenoxy) is 1. The summed E-state index contributed by atoms with van der Waals surface area (Å²) in [5.41, 5.74) is -0.747. The molecule has 0 aliphatic heterocycles. The molecule has 0 aliphatic carbocycles. The molecule has 0 spiro atoms. The zero-order valence-corrected chi connectivity index (χ0v) is 13.6. The van der Waals surface area contributed by atoms with Gasteiger partial charge < -0.3 is 4.74 Å². The lowest BCUT2D eigenvalue weighted by Crippen LogP contribution is -2.08. The van der Waals surface area contributed by atoms with Gasteiger partial charge in [0.15, 0.2) is 5.69 Å². The molecule has 1 aromatic heterocycles. The summed E-state index contributed by atoms with van der Waals surface area (Å²) in [4.78, 5) is 15.7. The molecule has 0 atom stereocenters. The molecule has 24 heavy (non-hydrogen) atoms. The van der Waals surface area contributed by atoms with E-state index in [1.165, 1.54) is 6.07 Å². The number of rotatable bonds is 2. The van der Waals surface area contributed by atoms with Gasteiger partial charge in [0, 0.05) is 11.1 Å². The van der Waals surface area contributed by atoms with Crippen LogP contribution >= 0.6 is 23.2 Å². The van der Waals surface area contributed by atoms with Gasteiger partial charge in [0.2, 0.25) is 0 Å². The molecule has 8 heteroatoms. The van der Waals surface area contributed by atoms with Gasteiger partial charge in [-0.05, 0) is 18.2 Å². The Balaban J connectivity index is 2.65. The molecule has 3 nitrogen and oxygen atoms in total. The summed E-state index contributed by atoms with van der Waals surface area (Å²) in [6.07, 6.45) is 0.800. The van der Waals surface area contributed by atoms with Crippen LogP contribution in [0, 0.1) is 12.3 Å². The zero-order valence-electron chi connectivity index (χ0n) is 12.0. The number of nitrogens with zero attached hydrogens (tertiary/aromatic N) is 1. The van der Waals surface area contributed by atoms with Crippen LogP contribution in [-0.2, 0) is 10.9 Å². The van der Waals surface area contributed by atoms with Crippen LogP contribution in [0.5, 0.6) is 0 Å². The molecule has 0 N–H and O–H groups in total. The van der Waals surface area contributed by atoms with E-state index >= 15 is 0 Å². The predicted octanol–water partition coefficient (Wildman–Crippen LogP) is 4.84. The van der Waals surface area contributed by atoms with Crippen LogP contribution in [-0.4, -0.2) is 18.1 Å². The average molecular weight is 374 g/mol. The van der Waals surface area contributed by atoms with Gasteiger partial charge in [0.25, 0.3) is 0 Å². The first-order chi connectivity index (χ1) is 11.2. The normalized spacial score (nSPS) is 11.0. The Morgan fingerprint density at radius 1 is 1.29 bits per heavy atom. The summed E-state index contributed by atoms with van der Waals surface area (Å²) < 4.78 is 42.7. The number of carbonyl (C=O) groups excluding carboxylic acids is 1. The fourth-order valence-corrected chi connectivity index (χ4v) is 2.41. The van der Waals surface area contributed by atoms with Crippen LogP contribution in [0.25, 0.3) is 11.3 Å². The van der Waals surface area contributed by atoms with Crippen LogP contribution in [0.1, 0.15) is 21.6 Å². The fraction of sp³-hybridized carbons (Fsp3) is 0.125. The molecule has 2 rings (SSSR count). The second-order valence-electron chi connectivity index (χ2n) is 4.55. The van der Waals surface area contributed by atoms with Crippen molar-refractivity contribution in [3.05, 3.63) is 51.1 Å². The van der Waals surface area contributed by atoms with Crippen LogP contribution < -0.4 is 0 Å². The SMILES string of the molecule is C#Cc1cc(-c2ccc(C(F)(F)F)cc2Cl)nc(C(=O)OC)c1Cl. The smallest absolute Gasteiger partial charge is 0.416 e. The van der Waals surface area contributed by atoms with Crippen molar-refractivity contribution in [3.63, 3.8) is 0 Å². The summed E-state index contributed by atoms with van der Waals surface area (Å²) in [7, 11) is 1.13. The summed E-state index contributed by atoms with van der Waals surface area (Å²) >= 11 is 11.9. The second kappa shape index (κ2) is 6.71. The maximum absolute atomic E-state index is 12.7. The maximum atomic E-state index is 12.7. The van der Waals surface area contributed by atoms with Crippen molar-refractivity contribution in [2.45, 2.75) is 6.18 Å². The molecule has 124 valence electrons. The standard InChI is InChI=1S/C16H8Cl2F3NO2/c1-3-8-6-12(22-14(13(8)18)15(23)24-2)10-5-4-9(7-11(10)17)16(19,20)21/h1,4-7H,2H3. The first kappa shape index (κ1) is 18.1. The number of methoxy groups -OCH3 is 1. The summed E-state index contributed by atoms with van der Waals surface area (Å²) in [5, 5.41) is -0.283. The molecule has 0 bridgehead atoms. The number of hydrogen-bond donors (Lipinski definition) is 0. The highest BCUT2D eigenvalue weighted by Crippen LogP contribution is 2.36. The van der Waals surface area contributed by atoms with E-state index in [0.717, 1.165) is 25.3 Å². The molecule has 0 fully saturated rings. The summed E-state index contributed by atoms with van der Waals surface area (Å²) in [5.74, 6) is 1.45. The fourth-order valence-electron chi connectivity index (χ4n) is 1.90. The Hall–Kier alpha value is -2.23. The average Bonchev–Trinajstić information content (AvgIpc) is 2.53. The van der Waals surface area contributed by atoms with Gasteiger partial charge in [-0.1, -0.05) is 35.2 Å². The van der Waals surface area contributed by atoms with Crippen LogP contribution in [0.2, 0.25) is 10.0 Å². The number of halogens is 5. The van der Waals surface area contributed by atoms with E-state index in [0.29, 0.717) is 0 Å². The monoisotopic (exact) mass is 373 g/mol. The highest BCUT2D eigenvalue weighted by atomic mass is 35.5. The first-order valence-electron chi connectivity index (χ1n) is 6.31.